The number of aromatic nitrogens is 5. The summed E-state index contributed by atoms with van der Waals surface area (Å²) >= 11 is 0. The summed E-state index contributed by atoms with van der Waals surface area (Å²) in [5.74, 6) is 2.20. The van der Waals surface area contributed by atoms with Crippen LogP contribution in [0.4, 0.5) is 11.5 Å². The summed E-state index contributed by atoms with van der Waals surface area (Å²) in [7, 11) is 1.92. The summed E-state index contributed by atoms with van der Waals surface area (Å²) in [5.41, 5.74) is 2.88. The number of pyridine rings is 1. The number of benzene rings is 1. The maximum atomic E-state index is 12.6. The minimum absolute atomic E-state index is 0.186. The third kappa shape index (κ3) is 3.33. The maximum Gasteiger partial charge on any atom is 0.257 e. The average molecular weight is 387 g/mol. The number of carbonyl (C=O) groups excluding carboxylic acids is 1. The van der Waals surface area contributed by atoms with Gasteiger partial charge in [0.1, 0.15) is 5.82 Å². The van der Waals surface area contributed by atoms with Gasteiger partial charge in [0.2, 0.25) is 0 Å². The SMILES string of the molecule is Cn1ccnc1-c1nc2ccc(NC(=O)c3ccc(N4CCCC4)nc3)cc2[nH]1. The zero-order valence-corrected chi connectivity index (χ0v) is 16.1. The zero-order chi connectivity index (χ0) is 19.8. The normalized spacial score (nSPS) is 13.9. The van der Waals surface area contributed by atoms with Crippen LogP contribution < -0.4 is 10.2 Å². The number of imidazole rings is 2. The van der Waals surface area contributed by atoms with E-state index in [2.05, 4.69) is 30.2 Å². The van der Waals surface area contributed by atoms with E-state index in [4.69, 9.17) is 0 Å². The molecule has 8 heteroatoms. The molecule has 146 valence electrons. The molecular weight excluding hydrogens is 366 g/mol. The van der Waals surface area contributed by atoms with Crippen molar-refractivity contribution in [2.75, 3.05) is 23.3 Å². The van der Waals surface area contributed by atoms with Gasteiger partial charge in [-0.25, -0.2) is 15.0 Å². The van der Waals surface area contributed by atoms with Crippen molar-refractivity contribution in [3.63, 3.8) is 0 Å². The van der Waals surface area contributed by atoms with Gasteiger partial charge in [-0.1, -0.05) is 0 Å². The predicted molar refractivity (Wildman–Crippen MR) is 112 cm³/mol. The Kier molecular flexibility index (Phi) is 4.23. The Bertz CT molecular complexity index is 1170. The van der Waals surface area contributed by atoms with Gasteiger partial charge < -0.3 is 19.8 Å². The van der Waals surface area contributed by atoms with E-state index in [0.29, 0.717) is 17.1 Å². The molecule has 2 N–H and O–H groups in total. The van der Waals surface area contributed by atoms with Gasteiger partial charge in [-0.2, -0.15) is 0 Å². The van der Waals surface area contributed by atoms with Gasteiger partial charge in [0.15, 0.2) is 11.6 Å². The number of fused-ring (bicyclic) bond motifs is 1. The Morgan fingerprint density at radius 1 is 1.14 bits per heavy atom. The van der Waals surface area contributed by atoms with Crippen molar-refractivity contribution in [3.05, 3.63) is 54.5 Å². The standard InChI is InChI=1S/C21H21N7O/c1-27-11-8-22-20(27)19-25-16-6-5-15(12-17(16)26-19)24-21(29)14-4-7-18(23-13-14)28-9-2-3-10-28/h4-8,11-13H,2-3,9-10H2,1H3,(H,24,29)(H,25,26). The van der Waals surface area contributed by atoms with Crippen LogP contribution >= 0.6 is 0 Å². The number of carbonyl (C=O) groups is 1. The Morgan fingerprint density at radius 3 is 2.72 bits per heavy atom. The number of anilines is 2. The number of H-pyrrole nitrogens is 1. The minimum atomic E-state index is -0.186. The monoisotopic (exact) mass is 387 g/mol. The van der Waals surface area contributed by atoms with E-state index in [0.717, 1.165) is 35.8 Å². The third-order valence-corrected chi connectivity index (χ3v) is 5.21. The summed E-state index contributed by atoms with van der Waals surface area (Å²) in [6.45, 7) is 2.06. The van der Waals surface area contributed by atoms with Crippen molar-refractivity contribution < 1.29 is 4.79 Å². The van der Waals surface area contributed by atoms with Crippen LogP contribution in [0.1, 0.15) is 23.2 Å². The number of aryl methyl sites for hydroxylation is 1. The predicted octanol–water partition coefficient (Wildman–Crippen LogP) is 3.21. The van der Waals surface area contributed by atoms with Crippen molar-refractivity contribution in [1.82, 2.24) is 24.5 Å². The minimum Gasteiger partial charge on any atom is -0.357 e. The number of rotatable bonds is 4. The number of nitrogens with zero attached hydrogens (tertiary/aromatic N) is 5. The lowest BCUT2D eigenvalue weighted by molar-refractivity contribution is 0.102. The molecule has 3 aromatic heterocycles. The van der Waals surface area contributed by atoms with Crippen molar-refractivity contribution in [3.8, 4) is 11.6 Å². The highest BCUT2D eigenvalue weighted by atomic mass is 16.1. The zero-order valence-electron chi connectivity index (χ0n) is 16.1. The fourth-order valence-electron chi connectivity index (χ4n) is 3.64. The van der Waals surface area contributed by atoms with Crippen molar-refractivity contribution in [2.45, 2.75) is 12.8 Å². The molecule has 1 amide bonds. The Balaban J connectivity index is 1.34. The van der Waals surface area contributed by atoms with Crippen LogP contribution in [0, 0.1) is 0 Å². The van der Waals surface area contributed by atoms with Gasteiger partial charge in [-0.15, -0.1) is 0 Å². The van der Waals surface area contributed by atoms with Crippen molar-refractivity contribution in [1.29, 1.82) is 0 Å². The van der Waals surface area contributed by atoms with Gasteiger partial charge >= 0.3 is 0 Å². The molecule has 0 bridgehead atoms. The first kappa shape index (κ1) is 17.4. The van der Waals surface area contributed by atoms with Gasteiger partial charge in [0, 0.05) is 44.4 Å². The molecule has 0 atom stereocenters. The second-order valence-electron chi connectivity index (χ2n) is 7.23. The van der Waals surface area contributed by atoms with Gasteiger partial charge in [0.05, 0.1) is 16.6 Å². The molecule has 29 heavy (non-hydrogen) atoms. The maximum absolute atomic E-state index is 12.6. The summed E-state index contributed by atoms with van der Waals surface area (Å²) in [6, 6.07) is 9.33. The smallest absolute Gasteiger partial charge is 0.257 e. The van der Waals surface area contributed by atoms with Crippen molar-refractivity contribution in [2.24, 2.45) is 7.05 Å². The molecule has 1 aromatic carbocycles. The van der Waals surface area contributed by atoms with Gasteiger partial charge in [-0.05, 0) is 43.2 Å². The first-order valence-corrected chi connectivity index (χ1v) is 9.67. The van der Waals surface area contributed by atoms with Gasteiger partial charge in [-0.3, -0.25) is 4.79 Å². The first-order chi connectivity index (χ1) is 14.2. The Labute approximate surface area is 167 Å². The molecule has 1 aliphatic heterocycles. The van der Waals surface area contributed by atoms with Crippen LogP contribution in [-0.4, -0.2) is 43.5 Å². The highest BCUT2D eigenvalue weighted by molar-refractivity contribution is 6.04. The molecule has 0 spiro atoms. The quantitative estimate of drug-likeness (QED) is 0.561. The van der Waals surface area contributed by atoms with E-state index in [-0.39, 0.29) is 5.91 Å². The largest absolute Gasteiger partial charge is 0.357 e. The molecule has 0 aliphatic carbocycles. The molecule has 1 saturated heterocycles. The van der Waals surface area contributed by atoms with Crippen LogP contribution in [0.2, 0.25) is 0 Å². The summed E-state index contributed by atoms with van der Waals surface area (Å²) in [5, 5.41) is 2.93. The van der Waals surface area contributed by atoms with E-state index in [1.165, 1.54) is 12.8 Å². The highest BCUT2D eigenvalue weighted by Gasteiger charge is 2.15. The summed E-state index contributed by atoms with van der Waals surface area (Å²) < 4.78 is 1.90. The molecular formula is C21H21N7O. The molecule has 0 unspecified atom stereocenters. The molecule has 1 aliphatic rings. The summed E-state index contributed by atoms with van der Waals surface area (Å²) in [6.07, 6.45) is 7.63. The number of hydrogen-bond donors (Lipinski definition) is 2. The highest BCUT2D eigenvalue weighted by Crippen LogP contribution is 2.22. The second kappa shape index (κ2) is 7.05. The number of nitrogens with one attached hydrogen (secondary N) is 2. The molecule has 0 saturated carbocycles. The fourth-order valence-corrected chi connectivity index (χ4v) is 3.64. The van der Waals surface area contributed by atoms with E-state index in [1.807, 2.05) is 48.1 Å². The molecule has 4 aromatic rings. The molecule has 4 heterocycles. The van der Waals surface area contributed by atoms with E-state index in [9.17, 15) is 4.79 Å². The lowest BCUT2D eigenvalue weighted by Gasteiger charge is -2.16. The van der Waals surface area contributed by atoms with E-state index in [1.54, 1.807) is 12.4 Å². The lowest BCUT2D eigenvalue weighted by Crippen LogP contribution is -2.19. The fraction of sp³-hybridized carbons (Fsp3) is 0.238. The second-order valence-corrected chi connectivity index (χ2v) is 7.23. The number of hydrogen-bond acceptors (Lipinski definition) is 5. The lowest BCUT2D eigenvalue weighted by atomic mass is 10.2. The van der Waals surface area contributed by atoms with E-state index >= 15 is 0 Å². The van der Waals surface area contributed by atoms with Crippen LogP contribution in [-0.2, 0) is 7.05 Å². The van der Waals surface area contributed by atoms with Crippen LogP contribution in [0.3, 0.4) is 0 Å². The third-order valence-electron chi connectivity index (χ3n) is 5.21. The van der Waals surface area contributed by atoms with Crippen molar-refractivity contribution >= 4 is 28.4 Å². The Hall–Kier alpha value is -3.68. The average Bonchev–Trinajstić information content (AvgIpc) is 3.48. The number of aromatic amines is 1. The Morgan fingerprint density at radius 2 is 2.00 bits per heavy atom. The molecule has 0 radical (unpaired) electrons. The van der Waals surface area contributed by atoms with Crippen LogP contribution in [0.5, 0.6) is 0 Å². The summed E-state index contributed by atoms with van der Waals surface area (Å²) in [4.78, 5) is 31.5. The first-order valence-electron chi connectivity index (χ1n) is 9.67. The van der Waals surface area contributed by atoms with Crippen LogP contribution in [0.25, 0.3) is 22.7 Å². The topological polar surface area (TPSA) is 91.7 Å². The molecule has 1 fully saturated rings. The molecule has 8 nitrogen and oxygen atoms in total. The van der Waals surface area contributed by atoms with Gasteiger partial charge in [0.25, 0.3) is 5.91 Å². The van der Waals surface area contributed by atoms with E-state index < -0.39 is 0 Å². The van der Waals surface area contributed by atoms with Crippen LogP contribution in [0.15, 0.2) is 48.9 Å². The number of amides is 1. The molecule has 5 rings (SSSR count).